The Labute approximate surface area is 113 Å². The van der Waals surface area contributed by atoms with Crippen LogP contribution in [0.5, 0.6) is 5.75 Å². The van der Waals surface area contributed by atoms with E-state index in [9.17, 15) is 4.79 Å². The van der Waals surface area contributed by atoms with Crippen molar-refractivity contribution < 1.29 is 9.53 Å². The molecule has 0 aromatic heterocycles. The van der Waals surface area contributed by atoms with E-state index in [2.05, 4.69) is 0 Å². The van der Waals surface area contributed by atoms with E-state index in [1.165, 1.54) is 0 Å². The summed E-state index contributed by atoms with van der Waals surface area (Å²) in [5.74, 6) is 0.000359. The van der Waals surface area contributed by atoms with Gasteiger partial charge in [-0.1, -0.05) is 48.5 Å². The average molecular weight is 255 g/mol. The van der Waals surface area contributed by atoms with Crippen molar-refractivity contribution in [3.63, 3.8) is 0 Å². The van der Waals surface area contributed by atoms with Gasteiger partial charge >= 0.3 is 0 Å². The van der Waals surface area contributed by atoms with Crippen LogP contribution >= 0.6 is 0 Å². The number of carbonyl (C=O) groups is 1. The quantitative estimate of drug-likeness (QED) is 0.893. The number of hydrogen-bond acceptors (Lipinski definition) is 2. The predicted molar refractivity (Wildman–Crippen MR) is 74.8 cm³/mol. The summed E-state index contributed by atoms with van der Waals surface area (Å²) >= 11 is 0. The SMILES string of the molecule is CC(C(N)=O)c1ccccc1OCc1ccccc1. The topological polar surface area (TPSA) is 52.3 Å². The summed E-state index contributed by atoms with van der Waals surface area (Å²) in [6.45, 7) is 2.26. The highest BCUT2D eigenvalue weighted by atomic mass is 16.5. The van der Waals surface area contributed by atoms with Crippen molar-refractivity contribution in [1.82, 2.24) is 0 Å². The third kappa shape index (κ3) is 3.35. The molecule has 0 aliphatic rings. The molecule has 0 aliphatic heterocycles. The first kappa shape index (κ1) is 13.1. The fraction of sp³-hybridized carbons (Fsp3) is 0.188. The lowest BCUT2D eigenvalue weighted by molar-refractivity contribution is -0.119. The number of carbonyl (C=O) groups excluding carboxylic acids is 1. The average Bonchev–Trinajstić information content (AvgIpc) is 2.45. The van der Waals surface area contributed by atoms with Crippen LogP contribution in [-0.4, -0.2) is 5.91 Å². The van der Waals surface area contributed by atoms with Gasteiger partial charge in [-0.3, -0.25) is 4.79 Å². The lowest BCUT2D eigenvalue weighted by Gasteiger charge is -2.14. The highest BCUT2D eigenvalue weighted by molar-refractivity contribution is 5.82. The lowest BCUT2D eigenvalue weighted by atomic mass is 10.00. The Morgan fingerprint density at radius 2 is 1.74 bits per heavy atom. The van der Waals surface area contributed by atoms with Crippen LogP contribution < -0.4 is 10.5 Å². The first-order chi connectivity index (χ1) is 9.18. The molecule has 0 fully saturated rings. The van der Waals surface area contributed by atoms with E-state index >= 15 is 0 Å². The van der Waals surface area contributed by atoms with Gasteiger partial charge in [-0.25, -0.2) is 0 Å². The van der Waals surface area contributed by atoms with E-state index in [1.54, 1.807) is 6.92 Å². The predicted octanol–water partition coefficient (Wildman–Crippen LogP) is 2.85. The van der Waals surface area contributed by atoms with Crippen molar-refractivity contribution in [2.75, 3.05) is 0 Å². The molecule has 98 valence electrons. The molecular weight excluding hydrogens is 238 g/mol. The molecule has 2 N–H and O–H groups in total. The van der Waals surface area contributed by atoms with Crippen molar-refractivity contribution in [3.8, 4) is 5.75 Å². The van der Waals surface area contributed by atoms with E-state index < -0.39 is 0 Å². The molecule has 1 atom stereocenters. The van der Waals surface area contributed by atoms with Gasteiger partial charge < -0.3 is 10.5 Å². The summed E-state index contributed by atoms with van der Waals surface area (Å²) in [7, 11) is 0. The Morgan fingerprint density at radius 3 is 2.42 bits per heavy atom. The number of para-hydroxylation sites is 1. The Bertz CT molecular complexity index is 552. The fourth-order valence-electron chi connectivity index (χ4n) is 1.86. The van der Waals surface area contributed by atoms with E-state index in [0.717, 1.165) is 11.1 Å². The van der Waals surface area contributed by atoms with Gasteiger partial charge in [-0.05, 0) is 18.6 Å². The van der Waals surface area contributed by atoms with Crippen LogP contribution in [0.3, 0.4) is 0 Å². The molecule has 0 radical (unpaired) electrons. The lowest BCUT2D eigenvalue weighted by Crippen LogP contribution is -2.19. The molecular formula is C16H17NO2. The highest BCUT2D eigenvalue weighted by Crippen LogP contribution is 2.26. The summed E-state index contributed by atoms with van der Waals surface area (Å²) in [5, 5.41) is 0. The Morgan fingerprint density at radius 1 is 1.11 bits per heavy atom. The number of hydrogen-bond donors (Lipinski definition) is 1. The van der Waals surface area contributed by atoms with E-state index in [4.69, 9.17) is 10.5 Å². The second-order valence-corrected chi connectivity index (χ2v) is 4.44. The molecule has 2 rings (SSSR count). The zero-order valence-corrected chi connectivity index (χ0v) is 10.9. The van der Waals surface area contributed by atoms with Crippen LogP contribution in [0, 0.1) is 0 Å². The summed E-state index contributed by atoms with van der Waals surface area (Å²) in [6, 6.07) is 17.4. The zero-order chi connectivity index (χ0) is 13.7. The van der Waals surface area contributed by atoms with Gasteiger partial charge in [0.2, 0.25) is 5.91 Å². The molecule has 19 heavy (non-hydrogen) atoms. The van der Waals surface area contributed by atoms with Crippen LogP contribution in [0.15, 0.2) is 54.6 Å². The molecule has 1 unspecified atom stereocenters. The molecule has 2 aromatic carbocycles. The second kappa shape index (κ2) is 6.05. The minimum atomic E-state index is -0.355. The summed E-state index contributed by atoms with van der Waals surface area (Å²) in [5.41, 5.74) is 7.26. The third-order valence-electron chi connectivity index (χ3n) is 3.05. The minimum Gasteiger partial charge on any atom is -0.489 e. The van der Waals surface area contributed by atoms with Gasteiger partial charge in [0.05, 0.1) is 5.92 Å². The van der Waals surface area contributed by atoms with Crippen molar-refractivity contribution in [2.24, 2.45) is 5.73 Å². The van der Waals surface area contributed by atoms with Crippen molar-refractivity contribution in [3.05, 3.63) is 65.7 Å². The highest BCUT2D eigenvalue weighted by Gasteiger charge is 2.16. The van der Waals surface area contributed by atoms with Gasteiger partial charge in [0, 0.05) is 5.56 Å². The largest absolute Gasteiger partial charge is 0.489 e. The first-order valence-electron chi connectivity index (χ1n) is 6.23. The molecule has 0 saturated carbocycles. The molecule has 0 bridgehead atoms. The molecule has 3 heteroatoms. The van der Waals surface area contributed by atoms with E-state index in [-0.39, 0.29) is 11.8 Å². The second-order valence-electron chi connectivity index (χ2n) is 4.44. The normalized spacial score (nSPS) is 11.8. The van der Waals surface area contributed by atoms with Gasteiger partial charge in [0.1, 0.15) is 12.4 Å². The molecule has 2 aromatic rings. The Kier molecular flexibility index (Phi) is 4.18. The standard InChI is InChI=1S/C16H17NO2/c1-12(16(17)18)14-9-5-6-10-15(14)19-11-13-7-3-2-4-8-13/h2-10,12H,11H2,1H3,(H2,17,18). The summed E-state index contributed by atoms with van der Waals surface area (Å²) in [4.78, 5) is 11.3. The number of amides is 1. The molecule has 0 saturated heterocycles. The Hall–Kier alpha value is -2.29. The number of rotatable bonds is 5. The number of primary amides is 1. The van der Waals surface area contributed by atoms with Crippen LogP contribution in [-0.2, 0) is 11.4 Å². The third-order valence-corrected chi connectivity index (χ3v) is 3.05. The Balaban J connectivity index is 2.14. The molecule has 3 nitrogen and oxygen atoms in total. The van der Waals surface area contributed by atoms with Crippen molar-refractivity contribution >= 4 is 5.91 Å². The maximum absolute atomic E-state index is 11.3. The van der Waals surface area contributed by atoms with Gasteiger partial charge in [0.15, 0.2) is 0 Å². The van der Waals surface area contributed by atoms with E-state index in [1.807, 2.05) is 54.6 Å². The fourth-order valence-corrected chi connectivity index (χ4v) is 1.86. The smallest absolute Gasteiger partial charge is 0.224 e. The van der Waals surface area contributed by atoms with Gasteiger partial charge in [-0.2, -0.15) is 0 Å². The minimum absolute atomic E-state index is 0.351. The molecule has 0 aliphatic carbocycles. The summed E-state index contributed by atoms with van der Waals surface area (Å²) < 4.78 is 5.79. The van der Waals surface area contributed by atoms with Gasteiger partial charge in [-0.15, -0.1) is 0 Å². The maximum Gasteiger partial charge on any atom is 0.224 e. The molecule has 1 amide bonds. The van der Waals surface area contributed by atoms with Crippen LogP contribution in [0.4, 0.5) is 0 Å². The number of benzene rings is 2. The monoisotopic (exact) mass is 255 g/mol. The van der Waals surface area contributed by atoms with E-state index in [0.29, 0.717) is 12.4 Å². The van der Waals surface area contributed by atoms with Gasteiger partial charge in [0.25, 0.3) is 0 Å². The van der Waals surface area contributed by atoms with Crippen LogP contribution in [0.2, 0.25) is 0 Å². The molecule has 0 heterocycles. The van der Waals surface area contributed by atoms with Crippen molar-refractivity contribution in [1.29, 1.82) is 0 Å². The number of nitrogens with two attached hydrogens (primary N) is 1. The molecule has 0 spiro atoms. The first-order valence-corrected chi connectivity index (χ1v) is 6.23. The zero-order valence-electron chi connectivity index (χ0n) is 10.9. The maximum atomic E-state index is 11.3. The van der Waals surface area contributed by atoms with Crippen LogP contribution in [0.25, 0.3) is 0 Å². The summed E-state index contributed by atoms with van der Waals surface area (Å²) in [6.07, 6.45) is 0. The number of ether oxygens (including phenoxy) is 1. The van der Waals surface area contributed by atoms with Crippen LogP contribution in [0.1, 0.15) is 24.0 Å². The van der Waals surface area contributed by atoms with Crippen molar-refractivity contribution in [2.45, 2.75) is 19.4 Å².